The van der Waals surface area contributed by atoms with Crippen molar-refractivity contribution in [3.05, 3.63) is 29.3 Å². The highest BCUT2D eigenvalue weighted by molar-refractivity contribution is 5.90. The number of hydrogen-bond donors (Lipinski definition) is 1. The molecule has 0 aliphatic carbocycles. The van der Waals surface area contributed by atoms with Gasteiger partial charge in [-0.25, -0.2) is 0 Å². The number of hydrogen-bond acceptors (Lipinski definition) is 1. The molecular weight excluding hydrogens is 210 g/mol. The van der Waals surface area contributed by atoms with Crippen molar-refractivity contribution in [1.82, 2.24) is 0 Å². The summed E-state index contributed by atoms with van der Waals surface area (Å²) in [6.07, 6.45) is 0.574. The molecule has 0 aromatic heterocycles. The molecule has 2 nitrogen and oxygen atoms in total. The lowest BCUT2D eigenvalue weighted by atomic mass is 9.97. The highest BCUT2D eigenvalue weighted by Gasteiger charge is 2.07. The largest absolute Gasteiger partial charge is 0.326 e. The molecule has 1 amide bonds. The Morgan fingerprint density at radius 1 is 1.24 bits per heavy atom. The quantitative estimate of drug-likeness (QED) is 0.833. The number of aryl methyl sites for hydroxylation is 1. The van der Waals surface area contributed by atoms with Crippen molar-refractivity contribution in [1.29, 1.82) is 0 Å². The van der Waals surface area contributed by atoms with Gasteiger partial charge in [0.05, 0.1) is 0 Å². The van der Waals surface area contributed by atoms with E-state index in [1.165, 1.54) is 11.1 Å². The zero-order valence-electron chi connectivity index (χ0n) is 11.5. The Hall–Kier alpha value is -1.31. The molecule has 17 heavy (non-hydrogen) atoms. The van der Waals surface area contributed by atoms with E-state index in [-0.39, 0.29) is 5.91 Å². The van der Waals surface area contributed by atoms with E-state index >= 15 is 0 Å². The van der Waals surface area contributed by atoms with Crippen LogP contribution in [0.4, 0.5) is 5.69 Å². The van der Waals surface area contributed by atoms with Gasteiger partial charge in [-0.3, -0.25) is 4.79 Å². The van der Waals surface area contributed by atoms with Crippen LogP contribution in [0.15, 0.2) is 18.2 Å². The average molecular weight is 233 g/mol. The van der Waals surface area contributed by atoms with Crippen LogP contribution in [0.2, 0.25) is 0 Å². The second kappa shape index (κ2) is 5.85. The van der Waals surface area contributed by atoms with Crippen molar-refractivity contribution < 1.29 is 4.79 Å². The van der Waals surface area contributed by atoms with Gasteiger partial charge in [0.25, 0.3) is 0 Å². The maximum absolute atomic E-state index is 11.6. The number of rotatable bonds is 4. The van der Waals surface area contributed by atoms with E-state index in [1.807, 2.05) is 26.0 Å². The molecule has 0 spiro atoms. The number of nitrogens with one attached hydrogen (secondary N) is 1. The van der Waals surface area contributed by atoms with Crippen LogP contribution in [0.1, 0.15) is 51.2 Å². The van der Waals surface area contributed by atoms with Crippen molar-refractivity contribution in [3.63, 3.8) is 0 Å². The number of benzene rings is 1. The van der Waals surface area contributed by atoms with E-state index in [9.17, 15) is 4.79 Å². The molecule has 1 N–H and O–H groups in total. The molecule has 1 aromatic rings. The second-order valence-electron chi connectivity index (χ2n) is 5.37. The fourth-order valence-corrected chi connectivity index (χ4v) is 1.98. The molecule has 0 aliphatic rings. The molecule has 0 fully saturated rings. The van der Waals surface area contributed by atoms with Crippen LogP contribution in [-0.2, 0) is 4.79 Å². The van der Waals surface area contributed by atoms with Crippen molar-refractivity contribution in [2.24, 2.45) is 5.92 Å². The van der Waals surface area contributed by atoms with Gasteiger partial charge >= 0.3 is 0 Å². The van der Waals surface area contributed by atoms with Crippen molar-refractivity contribution in [2.75, 3.05) is 5.32 Å². The Balaban J connectivity index is 2.74. The zero-order valence-corrected chi connectivity index (χ0v) is 11.5. The topological polar surface area (TPSA) is 29.1 Å². The Labute approximate surface area is 104 Å². The summed E-state index contributed by atoms with van der Waals surface area (Å²) >= 11 is 0. The van der Waals surface area contributed by atoms with Crippen LogP contribution >= 0.6 is 0 Å². The van der Waals surface area contributed by atoms with Gasteiger partial charge in [-0.05, 0) is 42.0 Å². The van der Waals surface area contributed by atoms with Crippen LogP contribution < -0.4 is 5.32 Å². The summed E-state index contributed by atoms with van der Waals surface area (Å²) in [6, 6.07) is 6.14. The normalized spacial score (nSPS) is 11.0. The van der Waals surface area contributed by atoms with E-state index in [0.717, 1.165) is 5.69 Å². The van der Waals surface area contributed by atoms with Gasteiger partial charge in [0.15, 0.2) is 0 Å². The summed E-state index contributed by atoms with van der Waals surface area (Å²) in [5.41, 5.74) is 3.48. The molecule has 1 aromatic carbocycles. The minimum atomic E-state index is 0.0942. The monoisotopic (exact) mass is 233 g/mol. The standard InChI is InChI=1S/C15H23NO/c1-10(2)8-15(17)16-13-6-7-14(11(3)4)12(5)9-13/h6-7,9-11H,8H2,1-5H3,(H,16,17). The molecule has 0 atom stereocenters. The summed E-state index contributed by atoms with van der Waals surface area (Å²) in [4.78, 5) is 11.6. The Morgan fingerprint density at radius 3 is 2.35 bits per heavy atom. The highest BCUT2D eigenvalue weighted by atomic mass is 16.1. The van der Waals surface area contributed by atoms with Gasteiger partial charge in [0.1, 0.15) is 0 Å². The van der Waals surface area contributed by atoms with Crippen LogP contribution in [0, 0.1) is 12.8 Å². The number of anilines is 1. The maximum Gasteiger partial charge on any atom is 0.224 e. The molecule has 0 saturated carbocycles. The SMILES string of the molecule is Cc1cc(NC(=O)CC(C)C)ccc1C(C)C. The second-order valence-corrected chi connectivity index (χ2v) is 5.37. The molecule has 94 valence electrons. The first-order valence-corrected chi connectivity index (χ1v) is 6.30. The predicted octanol–water partition coefficient (Wildman–Crippen LogP) is 4.10. The number of carbonyl (C=O) groups excluding carboxylic acids is 1. The van der Waals surface area contributed by atoms with Gasteiger partial charge in [0.2, 0.25) is 5.91 Å². The Bertz CT molecular complexity index is 394. The van der Waals surface area contributed by atoms with Crippen LogP contribution in [0.3, 0.4) is 0 Å². The lowest BCUT2D eigenvalue weighted by Gasteiger charge is -2.12. The smallest absolute Gasteiger partial charge is 0.224 e. The first-order chi connectivity index (χ1) is 7.90. The van der Waals surface area contributed by atoms with E-state index in [1.54, 1.807) is 0 Å². The van der Waals surface area contributed by atoms with Crippen LogP contribution in [0.25, 0.3) is 0 Å². The molecule has 2 heteroatoms. The third-order valence-electron chi connectivity index (χ3n) is 2.77. The molecule has 0 saturated heterocycles. The lowest BCUT2D eigenvalue weighted by Crippen LogP contribution is -2.14. The van der Waals surface area contributed by atoms with Gasteiger partial charge in [-0.15, -0.1) is 0 Å². The highest BCUT2D eigenvalue weighted by Crippen LogP contribution is 2.22. The van der Waals surface area contributed by atoms with Gasteiger partial charge in [-0.1, -0.05) is 33.8 Å². The minimum Gasteiger partial charge on any atom is -0.326 e. The minimum absolute atomic E-state index is 0.0942. The Morgan fingerprint density at radius 2 is 1.88 bits per heavy atom. The van der Waals surface area contributed by atoms with E-state index in [4.69, 9.17) is 0 Å². The maximum atomic E-state index is 11.6. The van der Waals surface area contributed by atoms with Crippen molar-refractivity contribution in [3.8, 4) is 0 Å². The fourth-order valence-electron chi connectivity index (χ4n) is 1.98. The molecular formula is C15H23NO. The van der Waals surface area contributed by atoms with E-state index in [0.29, 0.717) is 18.3 Å². The molecule has 1 rings (SSSR count). The van der Waals surface area contributed by atoms with Gasteiger partial charge in [0, 0.05) is 12.1 Å². The molecule has 0 radical (unpaired) electrons. The predicted molar refractivity (Wildman–Crippen MR) is 73.4 cm³/mol. The number of carbonyl (C=O) groups is 1. The molecule has 0 bridgehead atoms. The fraction of sp³-hybridized carbons (Fsp3) is 0.533. The van der Waals surface area contributed by atoms with Gasteiger partial charge in [-0.2, -0.15) is 0 Å². The molecule has 0 unspecified atom stereocenters. The third-order valence-corrected chi connectivity index (χ3v) is 2.77. The average Bonchev–Trinajstić information content (AvgIpc) is 2.15. The Kier molecular flexibility index (Phi) is 4.73. The van der Waals surface area contributed by atoms with E-state index < -0.39 is 0 Å². The number of amides is 1. The lowest BCUT2D eigenvalue weighted by molar-refractivity contribution is -0.116. The van der Waals surface area contributed by atoms with Crippen molar-refractivity contribution >= 4 is 11.6 Å². The van der Waals surface area contributed by atoms with Crippen molar-refractivity contribution in [2.45, 2.75) is 47.0 Å². The summed E-state index contributed by atoms with van der Waals surface area (Å²) in [5, 5.41) is 2.94. The van der Waals surface area contributed by atoms with Crippen LogP contribution in [0.5, 0.6) is 0 Å². The first kappa shape index (κ1) is 13.8. The van der Waals surface area contributed by atoms with E-state index in [2.05, 4.69) is 32.2 Å². The summed E-state index contributed by atoms with van der Waals surface area (Å²) < 4.78 is 0. The third kappa shape index (κ3) is 4.22. The first-order valence-electron chi connectivity index (χ1n) is 6.30. The molecule has 0 aliphatic heterocycles. The zero-order chi connectivity index (χ0) is 13.0. The van der Waals surface area contributed by atoms with Crippen LogP contribution in [-0.4, -0.2) is 5.91 Å². The summed E-state index contributed by atoms with van der Waals surface area (Å²) in [7, 11) is 0. The van der Waals surface area contributed by atoms with Gasteiger partial charge < -0.3 is 5.32 Å². The molecule has 0 heterocycles. The summed E-state index contributed by atoms with van der Waals surface area (Å²) in [6.45, 7) is 10.5. The summed E-state index contributed by atoms with van der Waals surface area (Å²) in [5.74, 6) is 1.01.